The monoisotopic (exact) mass is 474 g/mol. The Kier molecular flexibility index (Phi) is 9.37. The molecule has 0 aromatic heterocycles. The number of aryl methyl sites for hydroxylation is 1. The van der Waals surface area contributed by atoms with Crippen LogP contribution in [0, 0.1) is 6.92 Å². The van der Waals surface area contributed by atoms with Crippen LogP contribution >= 0.6 is 15.9 Å². The van der Waals surface area contributed by atoms with Gasteiger partial charge in [0.25, 0.3) is 5.91 Å². The second-order valence-electron chi connectivity index (χ2n) is 7.50. The lowest BCUT2D eigenvalue weighted by Gasteiger charge is -2.31. The van der Waals surface area contributed by atoms with Crippen LogP contribution in [0.2, 0.25) is 0 Å². The minimum atomic E-state index is -0.555. The number of nitrogens with zero attached hydrogens (tertiary/aromatic N) is 1. The van der Waals surface area contributed by atoms with Crippen LogP contribution < -0.4 is 10.1 Å². The highest BCUT2D eigenvalue weighted by Crippen LogP contribution is 2.18. The number of amides is 2. The summed E-state index contributed by atoms with van der Waals surface area (Å²) in [4.78, 5) is 27.7. The predicted octanol–water partition coefficient (Wildman–Crippen LogP) is 4.86. The van der Waals surface area contributed by atoms with Crippen molar-refractivity contribution in [2.45, 2.75) is 59.2 Å². The smallest absolute Gasteiger partial charge is 0.261 e. The molecule has 0 heterocycles. The molecule has 2 amide bonds. The van der Waals surface area contributed by atoms with E-state index in [0.717, 1.165) is 22.0 Å². The maximum absolute atomic E-state index is 13.1. The molecule has 2 aromatic rings. The molecule has 162 valence electrons. The molecule has 6 heteroatoms. The summed E-state index contributed by atoms with van der Waals surface area (Å²) >= 11 is 3.39. The van der Waals surface area contributed by atoms with E-state index in [-0.39, 0.29) is 24.5 Å². The van der Waals surface area contributed by atoms with E-state index < -0.39 is 6.04 Å². The molecule has 0 bridgehead atoms. The average molecular weight is 475 g/mol. The first-order valence-electron chi connectivity index (χ1n) is 10.4. The molecule has 0 fully saturated rings. The van der Waals surface area contributed by atoms with Crippen molar-refractivity contribution in [3.8, 4) is 5.75 Å². The van der Waals surface area contributed by atoms with E-state index in [1.807, 2.05) is 64.1 Å². The Bertz CT molecular complexity index is 839. The second kappa shape index (κ2) is 11.7. The van der Waals surface area contributed by atoms with Gasteiger partial charge < -0.3 is 15.0 Å². The molecule has 0 saturated heterocycles. The lowest BCUT2D eigenvalue weighted by molar-refractivity contribution is -0.143. The van der Waals surface area contributed by atoms with E-state index in [4.69, 9.17) is 4.74 Å². The van der Waals surface area contributed by atoms with Crippen LogP contribution in [0.3, 0.4) is 0 Å². The van der Waals surface area contributed by atoms with Gasteiger partial charge in [-0.1, -0.05) is 59.6 Å². The van der Waals surface area contributed by atoms with E-state index in [1.165, 1.54) is 0 Å². The summed E-state index contributed by atoms with van der Waals surface area (Å²) in [5.74, 6) is 0.265. The van der Waals surface area contributed by atoms with Crippen LogP contribution in [-0.2, 0) is 16.1 Å². The first-order valence-corrected chi connectivity index (χ1v) is 11.2. The highest BCUT2D eigenvalue weighted by Gasteiger charge is 2.29. The Labute approximate surface area is 187 Å². The van der Waals surface area contributed by atoms with Crippen LogP contribution in [0.25, 0.3) is 0 Å². The SMILES string of the molecule is CCC(C)NC(=O)C(CC)N(Cc1cccc(C)c1)C(=O)COc1ccc(Br)cc1. The number of carbonyl (C=O) groups excluding carboxylic acids is 2. The number of nitrogens with one attached hydrogen (secondary N) is 1. The molecule has 30 heavy (non-hydrogen) atoms. The van der Waals surface area contributed by atoms with Gasteiger partial charge in [0.15, 0.2) is 6.61 Å². The second-order valence-corrected chi connectivity index (χ2v) is 8.41. The van der Waals surface area contributed by atoms with E-state index in [2.05, 4.69) is 21.2 Å². The van der Waals surface area contributed by atoms with Crippen LogP contribution in [0.15, 0.2) is 53.0 Å². The molecule has 0 aliphatic heterocycles. The van der Waals surface area contributed by atoms with Gasteiger partial charge in [-0.2, -0.15) is 0 Å². The molecule has 0 radical (unpaired) electrons. The van der Waals surface area contributed by atoms with Crippen molar-refractivity contribution in [2.75, 3.05) is 6.61 Å². The van der Waals surface area contributed by atoms with Gasteiger partial charge in [-0.05, 0) is 56.5 Å². The summed E-state index contributed by atoms with van der Waals surface area (Å²) < 4.78 is 6.64. The topological polar surface area (TPSA) is 58.6 Å². The number of hydrogen-bond donors (Lipinski definition) is 1. The predicted molar refractivity (Wildman–Crippen MR) is 123 cm³/mol. The number of carbonyl (C=O) groups is 2. The largest absolute Gasteiger partial charge is 0.484 e. The van der Waals surface area contributed by atoms with Crippen molar-refractivity contribution >= 4 is 27.7 Å². The van der Waals surface area contributed by atoms with E-state index in [9.17, 15) is 9.59 Å². The average Bonchev–Trinajstić information content (AvgIpc) is 2.72. The standard InChI is InChI=1S/C24H31BrN2O3/c1-5-18(4)26-24(29)22(6-2)27(15-19-9-7-8-17(3)14-19)23(28)16-30-21-12-10-20(25)11-13-21/h7-14,18,22H,5-6,15-16H2,1-4H3,(H,26,29). The Balaban J connectivity index is 2.20. The Morgan fingerprint density at radius 1 is 1.10 bits per heavy atom. The minimum absolute atomic E-state index is 0.0569. The zero-order valence-corrected chi connectivity index (χ0v) is 19.7. The van der Waals surface area contributed by atoms with Gasteiger partial charge in [0.1, 0.15) is 11.8 Å². The summed E-state index contributed by atoms with van der Waals surface area (Å²) in [6.45, 7) is 8.16. The fraction of sp³-hybridized carbons (Fsp3) is 0.417. The third-order valence-corrected chi connectivity index (χ3v) is 5.53. The van der Waals surface area contributed by atoms with Gasteiger partial charge in [-0.3, -0.25) is 9.59 Å². The van der Waals surface area contributed by atoms with Gasteiger partial charge >= 0.3 is 0 Å². The van der Waals surface area contributed by atoms with Gasteiger partial charge in [0, 0.05) is 17.1 Å². The quantitative estimate of drug-likeness (QED) is 0.534. The summed E-state index contributed by atoms with van der Waals surface area (Å²) in [6, 6.07) is 14.8. The Morgan fingerprint density at radius 2 is 1.80 bits per heavy atom. The van der Waals surface area contributed by atoms with E-state index >= 15 is 0 Å². The van der Waals surface area contributed by atoms with Gasteiger partial charge in [-0.15, -0.1) is 0 Å². The molecular formula is C24H31BrN2O3. The van der Waals surface area contributed by atoms with Crippen molar-refractivity contribution < 1.29 is 14.3 Å². The molecule has 0 spiro atoms. The molecular weight excluding hydrogens is 444 g/mol. The van der Waals surface area contributed by atoms with Crippen molar-refractivity contribution in [3.05, 3.63) is 64.1 Å². The van der Waals surface area contributed by atoms with Gasteiger partial charge in [-0.25, -0.2) is 0 Å². The lowest BCUT2D eigenvalue weighted by Crippen LogP contribution is -2.51. The Hall–Kier alpha value is -2.34. The van der Waals surface area contributed by atoms with Crippen LogP contribution in [0.5, 0.6) is 5.75 Å². The van der Waals surface area contributed by atoms with Crippen molar-refractivity contribution in [1.29, 1.82) is 0 Å². The first-order chi connectivity index (χ1) is 14.3. The third-order valence-electron chi connectivity index (χ3n) is 5.00. The number of halogens is 1. The molecule has 0 saturated carbocycles. The van der Waals surface area contributed by atoms with Crippen LogP contribution in [0.4, 0.5) is 0 Å². The van der Waals surface area contributed by atoms with Gasteiger partial charge in [0.05, 0.1) is 0 Å². The molecule has 2 atom stereocenters. The molecule has 1 N–H and O–H groups in total. The molecule has 0 aliphatic rings. The summed E-state index contributed by atoms with van der Waals surface area (Å²) in [7, 11) is 0. The highest BCUT2D eigenvalue weighted by atomic mass is 79.9. The molecule has 2 rings (SSSR count). The van der Waals surface area contributed by atoms with Crippen LogP contribution in [0.1, 0.15) is 44.7 Å². The van der Waals surface area contributed by atoms with Crippen LogP contribution in [-0.4, -0.2) is 35.4 Å². The molecule has 2 aromatic carbocycles. The normalized spacial score (nSPS) is 12.7. The van der Waals surface area contributed by atoms with Gasteiger partial charge in [0.2, 0.25) is 5.91 Å². The Morgan fingerprint density at radius 3 is 2.40 bits per heavy atom. The van der Waals surface area contributed by atoms with E-state index in [1.54, 1.807) is 17.0 Å². The zero-order chi connectivity index (χ0) is 22.1. The third kappa shape index (κ3) is 7.17. The van der Waals surface area contributed by atoms with Crippen molar-refractivity contribution in [3.63, 3.8) is 0 Å². The maximum atomic E-state index is 13.1. The summed E-state index contributed by atoms with van der Waals surface area (Å²) in [6.07, 6.45) is 1.36. The van der Waals surface area contributed by atoms with Crippen molar-refractivity contribution in [2.24, 2.45) is 0 Å². The number of hydrogen-bond acceptors (Lipinski definition) is 3. The number of ether oxygens (including phenoxy) is 1. The highest BCUT2D eigenvalue weighted by molar-refractivity contribution is 9.10. The number of rotatable bonds is 10. The fourth-order valence-electron chi connectivity index (χ4n) is 3.13. The summed E-state index contributed by atoms with van der Waals surface area (Å²) in [5.41, 5.74) is 2.10. The van der Waals surface area contributed by atoms with Crippen molar-refractivity contribution in [1.82, 2.24) is 10.2 Å². The fourth-order valence-corrected chi connectivity index (χ4v) is 3.39. The first kappa shape index (κ1) is 23.9. The molecule has 0 aliphatic carbocycles. The summed E-state index contributed by atoms with van der Waals surface area (Å²) in [5, 5.41) is 3.01. The lowest BCUT2D eigenvalue weighted by atomic mass is 10.1. The molecule has 2 unspecified atom stereocenters. The zero-order valence-electron chi connectivity index (χ0n) is 18.2. The number of benzene rings is 2. The molecule has 5 nitrogen and oxygen atoms in total. The minimum Gasteiger partial charge on any atom is -0.484 e. The maximum Gasteiger partial charge on any atom is 0.261 e. The van der Waals surface area contributed by atoms with E-state index in [0.29, 0.717) is 18.7 Å².